The summed E-state index contributed by atoms with van der Waals surface area (Å²) in [5.41, 5.74) is -1.88. The van der Waals surface area contributed by atoms with Gasteiger partial charge >= 0.3 is 12.1 Å². The number of aromatic carboxylic acids is 1. The standard InChI is InChI=1S/C14H16F3NO5/c15-14(16,17)9-7-10(13(19)20)18-8-11(9)21-5-6-23-12-3-1-2-4-22-12/h7-8,12H,1-6H2,(H,19,20). The van der Waals surface area contributed by atoms with Crippen molar-refractivity contribution in [2.24, 2.45) is 0 Å². The molecular formula is C14H16F3NO5. The van der Waals surface area contributed by atoms with Gasteiger partial charge in [0, 0.05) is 6.61 Å². The van der Waals surface area contributed by atoms with E-state index in [1.165, 1.54) is 0 Å². The van der Waals surface area contributed by atoms with E-state index in [9.17, 15) is 18.0 Å². The Morgan fingerprint density at radius 1 is 1.39 bits per heavy atom. The lowest BCUT2D eigenvalue weighted by Gasteiger charge is -2.22. The molecule has 0 aromatic carbocycles. The van der Waals surface area contributed by atoms with Crippen LogP contribution in [0, 0.1) is 0 Å². The van der Waals surface area contributed by atoms with E-state index in [0.29, 0.717) is 12.7 Å². The molecule has 0 amide bonds. The Labute approximate surface area is 130 Å². The Morgan fingerprint density at radius 2 is 2.17 bits per heavy atom. The Bertz CT molecular complexity index is 544. The third-order valence-corrected chi connectivity index (χ3v) is 3.17. The molecule has 2 heterocycles. The first kappa shape index (κ1) is 17.5. The Hall–Kier alpha value is -1.87. The molecule has 128 valence electrons. The summed E-state index contributed by atoms with van der Waals surface area (Å²) in [5.74, 6) is -2.07. The number of carbonyl (C=O) groups is 1. The fourth-order valence-corrected chi connectivity index (χ4v) is 2.07. The summed E-state index contributed by atoms with van der Waals surface area (Å²) in [6.45, 7) is 0.532. The van der Waals surface area contributed by atoms with Gasteiger partial charge in [-0.15, -0.1) is 0 Å². The van der Waals surface area contributed by atoms with E-state index in [4.69, 9.17) is 19.3 Å². The van der Waals surface area contributed by atoms with Gasteiger partial charge in [0.15, 0.2) is 6.29 Å². The minimum Gasteiger partial charge on any atom is -0.489 e. The number of rotatable bonds is 6. The maximum Gasteiger partial charge on any atom is 0.420 e. The molecule has 1 atom stereocenters. The zero-order valence-corrected chi connectivity index (χ0v) is 12.1. The van der Waals surface area contributed by atoms with E-state index in [-0.39, 0.29) is 19.5 Å². The summed E-state index contributed by atoms with van der Waals surface area (Å²) in [4.78, 5) is 14.2. The topological polar surface area (TPSA) is 77.9 Å². The van der Waals surface area contributed by atoms with Crippen molar-refractivity contribution in [1.82, 2.24) is 4.98 Å². The minimum atomic E-state index is -4.74. The van der Waals surface area contributed by atoms with Crippen LogP contribution in [0.3, 0.4) is 0 Å². The zero-order valence-electron chi connectivity index (χ0n) is 12.1. The van der Waals surface area contributed by atoms with Gasteiger partial charge in [0.1, 0.15) is 23.6 Å². The largest absolute Gasteiger partial charge is 0.489 e. The quantitative estimate of drug-likeness (QED) is 0.806. The molecule has 0 aliphatic carbocycles. The number of hydrogen-bond donors (Lipinski definition) is 1. The van der Waals surface area contributed by atoms with Crippen LogP contribution in [0.4, 0.5) is 13.2 Å². The minimum absolute atomic E-state index is 0.0582. The van der Waals surface area contributed by atoms with E-state index in [1.54, 1.807) is 0 Å². The fourth-order valence-electron chi connectivity index (χ4n) is 2.07. The Balaban J connectivity index is 1.94. The maximum atomic E-state index is 12.9. The van der Waals surface area contributed by atoms with Gasteiger partial charge in [-0.05, 0) is 25.3 Å². The number of carboxylic acids is 1. The first-order chi connectivity index (χ1) is 10.9. The van der Waals surface area contributed by atoms with Crippen LogP contribution in [0.2, 0.25) is 0 Å². The molecule has 2 rings (SSSR count). The van der Waals surface area contributed by atoms with Crippen molar-refractivity contribution in [3.05, 3.63) is 23.5 Å². The highest BCUT2D eigenvalue weighted by molar-refractivity contribution is 5.85. The second kappa shape index (κ2) is 7.60. The predicted octanol–water partition coefficient (Wildman–Crippen LogP) is 2.72. The third kappa shape index (κ3) is 5.07. The van der Waals surface area contributed by atoms with E-state index in [0.717, 1.165) is 25.5 Å². The molecule has 1 fully saturated rings. The van der Waals surface area contributed by atoms with Crippen LogP contribution in [-0.4, -0.2) is 42.2 Å². The number of aromatic nitrogens is 1. The summed E-state index contributed by atoms with van der Waals surface area (Å²) in [5, 5.41) is 8.72. The molecule has 1 saturated heterocycles. The van der Waals surface area contributed by atoms with E-state index in [2.05, 4.69) is 4.98 Å². The first-order valence-corrected chi connectivity index (χ1v) is 7.04. The number of ether oxygens (including phenoxy) is 3. The summed E-state index contributed by atoms with van der Waals surface area (Å²) < 4.78 is 54.5. The van der Waals surface area contributed by atoms with Crippen molar-refractivity contribution in [1.29, 1.82) is 0 Å². The van der Waals surface area contributed by atoms with E-state index >= 15 is 0 Å². The van der Waals surface area contributed by atoms with Gasteiger partial charge in [-0.2, -0.15) is 13.2 Å². The SMILES string of the molecule is O=C(O)c1cc(C(F)(F)F)c(OCCOC2CCCCO2)cn1. The molecule has 0 radical (unpaired) electrons. The van der Waals surface area contributed by atoms with Crippen molar-refractivity contribution in [3.63, 3.8) is 0 Å². The van der Waals surface area contributed by atoms with Crippen molar-refractivity contribution in [3.8, 4) is 5.75 Å². The third-order valence-electron chi connectivity index (χ3n) is 3.17. The number of alkyl halides is 3. The van der Waals surface area contributed by atoms with Gasteiger partial charge in [0.05, 0.1) is 12.8 Å². The molecule has 1 N–H and O–H groups in total. The normalized spacial score (nSPS) is 18.7. The fraction of sp³-hybridized carbons (Fsp3) is 0.571. The second-order valence-electron chi connectivity index (χ2n) is 4.88. The molecule has 23 heavy (non-hydrogen) atoms. The monoisotopic (exact) mass is 335 g/mol. The van der Waals surface area contributed by atoms with Crippen LogP contribution >= 0.6 is 0 Å². The van der Waals surface area contributed by atoms with Gasteiger partial charge in [-0.1, -0.05) is 0 Å². The number of halogens is 3. The molecule has 0 bridgehead atoms. The highest BCUT2D eigenvalue weighted by Gasteiger charge is 2.35. The average molecular weight is 335 g/mol. The molecule has 1 aliphatic rings. The summed E-state index contributed by atoms with van der Waals surface area (Å²) in [7, 11) is 0. The van der Waals surface area contributed by atoms with Crippen LogP contribution < -0.4 is 4.74 Å². The predicted molar refractivity (Wildman–Crippen MR) is 71.2 cm³/mol. The van der Waals surface area contributed by atoms with Crippen LogP contribution in [-0.2, 0) is 15.7 Å². The molecule has 1 aliphatic heterocycles. The van der Waals surface area contributed by atoms with Gasteiger partial charge in [0.2, 0.25) is 0 Å². The van der Waals surface area contributed by atoms with Crippen LogP contribution in [0.15, 0.2) is 12.3 Å². The lowest BCUT2D eigenvalue weighted by atomic mass is 10.2. The first-order valence-electron chi connectivity index (χ1n) is 7.04. The summed E-state index contributed by atoms with van der Waals surface area (Å²) in [6, 6.07) is 0.447. The van der Waals surface area contributed by atoms with E-state index in [1.807, 2.05) is 0 Å². The molecule has 0 saturated carbocycles. The maximum absolute atomic E-state index is 12.9. The number of pyridine rings is 1. The van der Waals surface area contributed by atoms with E-state index < -0.39 is 29.2 Å². The molecule has 6 nitrogen and oxygen atoms in total. The molecule has 0 spiro atoms. The van der Waals surface area contributed by atoms with Crippen molar-refractivity contribution in [2.75, 3.05) is 19.8 Å². The van der Waals surface area contributed by atoms with Crippen molar-refractivity contribution in [2.45, 2.75) is 31.7 Å². The Kier molecular flexibility index (Phi) is 5.78. The van der Waals surface area contributed by atoms with Crippen LogP contribution in [0.25, 0.3) is 0 Å². The second-order valence-corrected chi connectivity index (χ2v) is 4.88. The van der Waals surface area contributed by atoms with Gasteiger partial charge in [-0.3, -0.25) is 0 Å². The summed E-state index contributed by atoms with van der Waals surface area (Å²) in [6.07, 6.45) is -1.67. The smallest absolute Gasteiger partial charge is 0.420 e. The molecular weight excluding hydrogens is 319 g/mol. The Morgan fingerprint density at radius 3 is 2.78 bits per heavy atom. The number of carboxylic acid groups (broad SMARTS) is 1. The lowest BCUT2D eigenvalue weighted by molar-refractivity contribution is -0.166. The summed E-state index contributed by atoms with van der Waals surface area (Å²) >= 11 is 0. The molecule has 9 heteroatoms. The van der Waals surface area contributed by atoms with Gasteiger partial charge in [-0.25, -0.2) is 9.78 Å². The highest BCUT2D eigenvalue weighted by atomic mass is 19.4. The van der Waals surface area contributed by atoms with Crippen LogP contribution in [0.5, 0.6) is 5.75 Å². The van der Waals surface area contributed by atoms with Gasteiger partial charge < -0.3 is 19.3 Å². The molecule has 1 aromatic heterocycles. The number of hydrogen-bond acceptors (Lipinski definition) is 5. The molecule has 1 aromatic rings. The average Bonchev–Trinajstić information content (AvgIpc) is 2.51. The zero-order chi connectivity index (χ0) is 16.9. The van der Waals surface area contributed by atoms with Gasteiger partial charge in [0.25, 0.3) is 0 Å². The lowest BCUT2D eigenvalue weighted by Crippen LogP contribution is -2.24. The van der Waals surface area contributed by atoms with Crippen molar-refractivity contribution < 1.29 is 37.3 Å². The highest BCUT2D eigenvalue weighted by Crippen LogP contribution is 2.36. The molecule has 1 unspecified atom stereocenters. The van der Waals surface area contributed by atoms with Crippen LogP contribution in [0.1, 0.15) is 35.3 Å². The number of nitrogens with zero attached hydrogens (tertiary/aromatic N) is 1. The van der Waals surface area contributed by atoms with Crippen molar-refractivity contribution >= 4 is 5.97 Å².